The van der Waals surface area contributed by atoms with Crippen molar-refractivity contribution in [2.24, 2.45) is 0 Å². The summed E-state index contributed by atoms with van der Waals surface area (Å²) in [5, 5.41) is 3.51. The Morgan fingerprint density at radius 1 is 1.36 bits per heavy atom. The fraction of sp³-hybridized carbons (Fsp3) is 0.500. The summed E-state index contributed by atoms with van der Waals surface area (Å²) < 4.78 is 5.57. The maximum absolute atomic E-state index is 5.57. The molecule has 2 aliphatic heterocycles. The van der Waals surface area contributed by atoms with Gasteiger partial charge in [0.05, 0.1) is 6.61 Å². The van der Waals surface area contributed by atoms with Crippen molar-refractivity contribution in [1.29, 1.82) is 0 Å². The van der Waals surface area contributed by atoms with E-state index in [1.807, 2.05) is 0 Å². The standard InChI is InChI=1S/C12H15NO/c1-2-11(13-6-1)10-4-3-9-5-7-14-12(9)8-10/h3-4,8,11,13H,1-2,5-7H2/t11-/m1/s1. The third-order valence-corrected chi connectivity index (χ3v) is 3.18. The van der Waals surface area contributed by atoms with Gasteiger partial charge in [-0.05, 0) is 36.6 Å². The van der Waals surface area contributed by atoms with Crippen molar-refractivity contribution in [3.63, 3.8) is 0 Å². The molecule has 1 fully saturated rings. The highest BCUT2D eigenvalue weighted by atomic mass is 16.5. The van der Waals surface area contributed by atoms with Crippen molar-refractivity contribution < 1.29 is 4.74 Å². The average Bonchev–Trinajstić information content (AvgIpc) is 2.88. The second kappa shape index (κ2) is 3.28. The van der Waals surface area contributed by atoms with Crippen LogP contribution in [0.25, 0.3) is 0 Å². The maximum Gasteiger partial charge on any atom is 0.122 e. The lowest BCUT2D eigenvalue weighted by Gasteiger charge is -2.11. The molecule has 2 aliphatic rings. The Balaban J connectivity index is 1.91. The zero-order valence-electron chi connectivity index (χ0n) is 8.25. The zero-order chi connectivity index (χ0) is 9.38. The summed E-state index contributed by atoms with van der Waals surface area (Å²) in [7, 11) is 0. The number of benzene rings is 1. The first-order valence-electron chi connectivity index (χ1n) is 5.42. The predicted molar refractivity (Wildman–Crippen MR) is 55.6 cm³/mol. The second-order valence-corrected chi connectivity index (χ2v) is 4.11. The lowest BCUT2D eigenvalue weighted by molar-refractivity contribution is 0.356. The summed E-state index contributed by atoms with van der Waals surface area (Å²) in [6, 6.07) is 7.24. The first-order chi connectivity index (χ1) is 6.93. The molecule has 0 unspecified atom stereocenters. The van der Waals surface area contributed by atoms with Crippen LogP contribution in [-0.2, 0) is 6.42 Å². The van der Waals surface area contributed by atoms with E-state index in [2.05, 4.69) is 23.5 Å². The summed E-state index contributed by atoms with van der Waals surface area (Å²) in [5.74, 6) is 1.11. The van der Waals surface area contributed by atoms with Gasteiger partial charge in [-0.2, -0.15) is 0 Å². The average molecular weight is 189 g/mol. The number of hydrogen-bond acceptors (Lipinski definition) is 2. The molecular weight excluding hydrogens is 174 g/mol. The smallest absolute Gasteiger partial charge is 0.122 e. The molecule has 1 N–H and O–H groups in total. The molecule has 0 amide bonds. The van der Waals surface area contributed by atoms with Gasteiger partial charge in [0.15, 0.2) is 0 Å². The van der Waals surface area contributed by atoms with Crippen LogP contribution in [-0.4, -0.2) is 13.2 Å². The van der Waals surface area contributed by atoms with E-state index in [0.29, 0.717) is 6.04 Å². The molecule has 0 aromatic heterocycles. The summed E-state index contributed by atoms with van der Waals surface area (Å²) in [6.45, 7) is 2.01. The van der Waals surface area contributed by atoms with Crippen LogP contribution < -0.4 is 10.1 Å². The number of ether oxygens (including phenoxy) is 1. The van der Waals surface area contributed by atoms with Crippen molar-refractivity contribution in [2.75, 3.05) is 13.2 Å². The highest BCUT2D eigenvalue weighted by Crippen LogP contribution is 2.31. The van der Waals surface area contributed by atoms with Gasteiger partial charge in [0.2, 0.25) is 0 Å². The molecular formula is C12H15NO. The third kappa shape index (κ3) is 1.30. The predicted octanol–water partition coefficient (Wildman–Crippen LogP) is 2.05. The fourth-order valence-corrected chi connectivity index (χ4v) is 2.37. The molecule has 1 aromatic rings. The SMILES string of the molecule is c1cc2c(cc1[C@H]1CCCN1)OCC2. The van der Waals surface area contributed by atoms with Crippen molar-refractivity contribution in [3.05, 3.63) is 29.3 Å². The molecule has 1 aromatic carbocycles. The minimum absolute atomic E-state index is 0.560. The lowest BCUT2D eigenvalue weighted by atomic mass is 10.0. The summed E-state index contributed by atoms with van der Waals surface area (Å²) in [4.78, 5) is 0. The first kappa shape index (κ1) is 8.30. The third-order valence-electron chi connectivity index (χ3n) is 3.18. The van der Waals surface area contributed by atoms with E-state index < -0.39 is 0 Å². The van der Waals surface area contributed by atoms with E-state index in [-0.39, 0.29) is 0 Å². The van der Waals surface area contributed by atoms with Crippen molar-refractivity contribution in [2.45, 2.75) is 25.3 Å². The Kier molecular flexibility index (Phi) is 1.95. The second-order valence-electron chi connectivity index (χ2n) is 4.11. The van der Waals surface area contributed by atoms with Crippen LogP contribution in [0.15, 0.2) is 18.2 Å². The van der Waals surface area contributed by atoms with E-state index in [0.717, 1.165) is 25.3 Å². The largest absolute Gasteiger partial charge is 0.493 e. The van der Waals surface area contributed by atoms with Crippen LogP contribution in [0.2, 0.25) is 0 Å². The zero-order valence-corrected chi connectivity index (χ0v) is 8.25. The number of hydrogen-bond donors (Lipinski definition) is 1. The minimum atomic E-state index is 0.560. The van der Waals surface area contributed by atoms with Crippen molar-refractivity contribution in [3.8, 4) is 5.75 Å². The van der Waals surface area contributed by atoms with Crippen molar-refractivity contribution >= 4 is 0 Å². The van der Waals surface area contributed by atoms with E-state index >= 15 is 0 Å². The fourth-order valence-electron chi connectivity index (χ4n) is 2.37. The van der Waals surface area contributed by atoms with Gasteiger partial charge < -0.3 is 10.1 Å². The van der Waals surface area contributed by atoms with Gasteiger partial charge >= 0.3 is 0 Å². The van der Waals surface area contributed by atoms with E-state index in [1.54, 1.807) is 0 Å². The molecule has 0 radical (unpaired) electrons. The minimum Gasteiger partial charge on any atom is -0.493 e. The molecule has 2 heterocycles. The monoisotopic (exact) mass is 189 g/mol. The summed E-state index contributed by atoms with van der Waals surface area (Å²) in [5.41, 5.74) is 2.76. The number of nitrogens with one attached hydrogen (secondary N) is 1. The van der Waals surface area contributed by atoms with Gasteiger partial charge in [0.1, 0.15) is 5.75 Å². The van der Waals surface area contributed by atoms with E-state index in [9.17, 15) is 0 Å². The van der Waals surface area contributed by atoms with Crippen LogP contribution in [0.3, 0.4) is 0 Å². The molecule has 2 nitrogen and oxygen atoms in total. The highest BCUT2D eigenvalue weighted by molar-refractivity contribution is 5.41. The van der Waals surface area contributed by atoms with Crippen LogP contribution >= 0.6 is 0 Å². The van der Waals surface area contributed by atoms with Gasteiger partial charge in [0.25, 0.3) is 0 Å². The van der Waals surface area contributed by atoms with Gasteiger partial charge in [-0.3, -0.25) is 0 Å². The molecule has 0 aliphatic carbocycles. The maximum atomic E-state index is 5.57. The van der Waals surface area contributed by atoms with E-state index in [4.69, 9.17) is 4.74 Å². The Morgan fingerprint density at radius 3 is 3.21 bits per heavy atom. The molecule has 1 atom stereocenters. The topological polar surface area (TPSA) is 21.3 Å². The molecule has 0 spiro atoms. The van der Waals surface area contributed by atoms with Crippen LogP contribution in [0, 0.1) is 0 Å². The van der Waals surface area contributed by atoms with Gasteiger partial charge in [-0.1, -0.05) is 12.1 Å². The Labute approximate surface area is 84.3 Å². The molecule has 0 bridgehead atoms. The highest BCUT2D eigenvalue weighted by Gasteiger charge is 2.19. The normalized spacial score (nSPS) is 24.7. The van der Waals surface area contributed by atoms with Gasteiger partial charge in [-0.25, -0.2) is 0 Å². The van der Waals surface area contributed by atoms with Crippen LogP contribution in [0.4, 0.5) is 0 Å². The van der Waals surface area contributed by atoms with E-state index in [1.165, 1.54) is 24.0 Å². The van der Waals surface area contributed by atoms with Crippen molar-refractivity contribution in [1.82, 2.24) is 5.32 Å². The number of rotatable bonds is 1. The Hall–Kier alpha value is -1.02. The van der Waals surface area contributed by atoms with Gasteiger partial charge in [-0.15, -0.1) is 0 Å². The summed E-state index contributed by atoms with van der Waals surface area (Å²) >= 11 is 0. The molecule has 1 saturated heterocycles. The van der Waals surface area contributed by atoms with Gasteiger partial charge in [0, 0.05) is 12.5 Å². The number of fused-ring (bicyclic) bond motifs is 1. The Bertz CT molecular complexity index is 342. The molecule has 14 heavy (non-hydrogen) atoms. The molecule has 3 rings (SSSR count). The first-order valence-corrected chi connectivity index (χ1v) is 5.42. The molecule has 0 saturated carbocycles. The van der Waals surface area contributed by atoms with Crippen LogP contribution in [0.5, 0.6) is 5.75 Å². The Morgan fingerprint density at radius 2 is 2.36 bits per heavy atom. The lowest BCUT2D eigenvalue weighted by Crippen LogP contribution is -2.12. The molecule has 74 valence electrons. The molecule has 2 heteroatoms. The summed E-state index contributed by atoms with van der Waals surface area (Å²) in [6.07, 6.45) is 3.63. The quantitative estimate of drug-likeness (QED) is 0.730. The van der Waals surface area contributed by atoms with Crippen LogP contribution in [0.1, 0.15) is 30.0 Å².